The van der Waals surface area contributed by atoms with E-state index in [1.807, 2.05) is 0 Å². The predicted molar refractivity (Wildman–Crippen MR) is 76.3 cm³/mol. The van der Waals surface area contributed by atoms with Crippen LogP contribution in [0.4, 0.5) is 0 Å². The zero-order chi connectivity index (χ0) is 12.6. The van der Waals surface area contributed by atoms with Gasteiger partial charge in [0.25, 0.3) is 0 Å². The molecule has 0 unspecified atom stereocenters. The Hall–Kier alpha value is -0.820. The van der Waals surface area contributed by atoms with Gasteiger partial charge in [0.2, 0.25) is 0 Å². The Morgan fingerprint density at radius 2 is 1.82 bits per heavy atom. The van der Waals surface area contributed by atoms with Crippen molar-refractivity contribution in [3.05, 3.63) is 35.9 Å². The van der Waals surface area contributed by atoms with E-state index in [9.17, 15) is 0 Å². The van der Waals surface area contributed by atoms with Crippen LogP contribution in [0.3, 0.4) is 0 Å². The first-order chi connectivity index (χ1) is 8.14. The Morgan fingerprint density at radius 1 is 1.12 bits per heavy atom. The van der Waals surface area contributed by atoms with E-state index in [-0.39, 0.29) is 0 Å². The van der Waals surface area contributed by atoms with Gasteiger partial charge in [0, 0.05) is 6.54 Å². The van der Waals surface area contributed by atoms with Gasteiger partial charge in [-0.25, -0.2) is 0 Å². The smallest absolute Gasteiger partial charge is 0.000252 e. The van der Waals surface area contributed by atoms with Gasteiger partial charge in [-0.15, -0.1) is 0 Å². The summed E-state index contributed by atoms with van der Waals surface area (Å²) in [5.41, 5.74) is 1.88. The lowest BCUT2D eigenvalue weighted by molar-refractivity contribution is 0.307. The van der Waals surface area contributed by atoms with Gasteiger partial charge in [0.15, 0.2) is 0 Å². The van der Waals surface area contributed by atoms with E-state index in [0.717, 1.165) is 13.1 Å². The van der Waals surface area contributed by atoms with Crippen molar-refractivity contribution >= 4 is 0 Å². The lowest BCUT2D eigenvalue weighted by atomic mass is 9.86. The van der Waals surface area contributed by atoms with Crippen LogP contribution < -0.4 is 5.32 Å². The quantitative estimate of drug-likeness (QED) is 0.668. The number of hydrogen-bond donors (Lipinski definition) is 1. The van der Waals surface area contributed by atoms with E-state index in [1.165, 1.54) is 31.2 Å². The number of nitrogens with one attached hydrogen (secondary N) is 1. The zero-order valence-corrected chi connectivity index (χ0v) is 11.6. The molecule has 1 N–H and O–H groups in total. The molecule has 1 nitrogen and oxygen atoms in total. The summed E-state index contributed by atoms with van der Waals surface area (Å²) in [6, 6.07) is 10.8. The van der Waals surface area contributed by atoms with Gasteiger partial charge in [-0.1, -0.05) is 51.1 Å². The number of aryl methyl sites for hydroxylation is 1. The zero-order valence-electron chi connectivity index (χ0n) is 11.6. The van der Waals surface area contributed by atoms with Crippen molar-refractivity contribution in [1.82, 2.24) is 5.32 Å². The molecule has 0 radical (unpaired) electrons. The molecule has 0 bridgehead atoms. The average molecular weight is 233 g/mol. The summed E-state index contributed by atoms with van der Waals surface area (Å²) >= 11 is 0. The average Bonchev–Trinajstić information content (AvgIpc) is 2.30. The van der Waals surface area contributed by atoms with Crippen LogP contribution in [-0.2, 0) is 6.42 Å². The Balaban J connectivity index is 2.20. The molecule has 0 heterocycles. The molecule has 17 heavy (non-hydrogen) atoms. The normalized spacial score (nSPS) is 11.7. The molecule has 0 aromatic heterocycles. The third-order valence-electron chi connectivity index (χ3n) is 3.19. The maximum atomic E-state index is 3.52. The number of hydrogen-bond acceptors (Lipinski definition) is 1. The highest BCUT2D eigenvalue weighted by Crippen LogP contribution is 2.22. The van der Waals surface area contributed by atoms with E-state index in [0.29, 0.717) is 5.41 Å². The maximum absolute atomic E-state index is 3.52. The fourth-order valence-corrected chi connectivity index (χ4v) is 2.11. The SMILES string of the molecule is CCCNCC(C)(C)CCCc1ccccc1. The van der Waals surface area contributed by atoms with Crippen molar-refractivity contribution in [2.45, 2.75) is 46.5 Å². The minimum absolute atomic E-state index is 0.421. The van der Waals surface area contributed by atoms with E-state index >= 15 is 0 Å². The van der Waals surface area contributed by atoms with E-state index < -0.39 is 0 Å². The first kappa shape index (κ1) is 14.2. The van der Waals surface area contributed by atoms with Gasteiger partial charge in [0.05, 0.1) is 0 Å². The Labute approximate surface area is 107 Å². The molecule has 0 aliphatic carbocycles. The summed E-state index contributed by atoms with van der Waals surface area (Å²) in [7, 11) is 0. The van der Waals surface area contributed by atoms with Gasteiger partial charge < -0.3 is 5.32 Å². The highest BCUT2D eigenvalue weighted by Gasteiger charge is 2.16. The van der Waals surface area contributed by atoms with Crippen LogP contribution in [0.1, 0.15) is 45.6 Å². The van der Waals surface area contributed by atoms with Crippen LogP contribution in [0.2, 0.25) is 0 Å². The van der Waals surface area contributed by atoms with Gasteiger partial charge in [-0.05, 0) is 43.2 Å². The minimum Gasteiger partial charge on any atom is -0.316 e. The molecule has 0 fully saturated rings. The monoisotopic (exact) mass is 233 g/mol. The highest BCUT2D eigenvalue weighted by atomic mass is 14.9. The Kier molecular flexibility index (Phi) is 6.28. The molecule has 1 aromatic rings. The van der Waals surface area contributed by atoms with E-state index in [2.05, 4.69) is 56.4 Å². The summed E-state index contributed by atoms with van der Waals surface area (Å²) in [6.07, 6.45) is 5.00. The molecule has 0 aliphatic rings. The summed E-state index contributed by atoms with van der Waals surface area (Å²) in [5, 5.41) is 3.52. The Morgan fingerprint density at radius 3 is 2.47 bits per heavy atom. The van der Waals surface area contributed by atoms with Crippen molar-refractivity contribution in [1.29, 1.82) is 0 Å². The van der Waals surface area contributed by atoms with Gasteiger partial charge in [-0.2, -0.15) is 0 Å². The standard InChI is InChI=1S/C16H27N/c1-4-13-17-14-16(2,3)12-8-11-15-9-6-5-7-10-15/h5-7,9-10,17H,4,8,11-14H2,1-3H3. The van der Waals surface area contributed by atoms with Crippen molar-refractivity contribution in [3.63, 3.8) is 0 Å². The van der Waals surface area contributed by atoms with E-state index in [1.54, 1.807) is 0 Å². The minimum atomic E-state index is 0.421. The maximum Gasteiger partial charge on any atom is 0.000252 e. The van der Waals surface area contributed by atoms with Crippen molar-refractivity contribution in [2.24, 2.45) is 5.41 Å². The molecule has 0 aliphatic heterocycles. The third-order valence-corrected chi connectivity index (χ3v) is 3.19. The van der Waals surface area contributed by atoms with Gasteiger partial charge >= 0.3 is 0 Å². The molecule has 1 heteroatoms. The fourth-order valence-electron chi connectivity index (χ4n) is 2.11. The summed E-state index contributed by atoms with van der Waals surface area (Å²) in [5.74, 6) is 0. The third kappa shape index (κ3) is 6.48. The van der Waals surface area contributed by atoms with E-state index in [4.69, 9.17) is 0 Å². The molecule has 0 spiro atoms. The summed E-state index contributed by atoms with van der Waals surface area (Å²) in [6.45, 7) is 9.22. The second kappa shape index (κ2) is 7.50. The molecular weight excluding hydrogens is 206 g/mol. The molecule has 96 valence electrons. The van der Waals surface area contributed by atoms with Crippen LogP contribution in [0.5, 0.6) is 0 Å². The molecule has 0 amide bonds. The first-order valence-electron chi connectivity index (χ1n) is 6.89. The van der Waals surface area contributed by atoms with Gasteiger partial charge in [-0.3, -0.25) is 0 Å². The van der Waals surface area contributed by atoms with Crippen LogP contribution in [0.15, 0.2) is 30.3 Å². The predicted octanol–water partition coefficient (Wildman–Crippen LogP) is 4.04. The number of rotatable bonds is 8. The molecule has 0 saturated heterocycles. The van der Waals surface area contributed by atoms with Crippen molar-refractivity contribution in [3.8, 4) is 0 Å². The topological polar surface area (TPSA) is 12.0 Å². The van der Waals surface area contributed by atoms with Crippen molar-refractivity contribution in [2.75, 3.05) is 13.1 Å². The van der Waals surface area contributed by atoms with Crippen LogP contribution in [-0.4, -0.2) is 13.1 Å². The second-order valence-corrected chi connectivity index (χ2v) is 5.68. The lowest BCUT2D eigenvalue weighted by Crippen LogP contribution is -2.29. The molecule has 1 aromatic carbocycles. The molecule has 0 atom stereocenters. The van der Waals surface area contributed by atoms with Crippen LogP contribution in [0, 0.1) is 5.41 Å². The molecular formula is C16H27N. The molecule has 1 rings (SSSR count). The summed E-state index contributed by atoms with van der Waals surface area (Å²) in [4.78, 5) is 0. The van der Waals surface area contributed by atoms with Crippen LogP contribution >= 0.6 is 0 Å². The summed E-state index contributed by atoms with van der Waals surface area (Å²) < 4.78 is 0. The number of benzene rings is 1. The highest BCUT2D eigenvalue weighted by molar-refractivity contribution is 5.14. The van der Waals surface area contributed by atoms with Crippen LogP contribution in [0.25, 0.3) is 0 Å². The van der Waals surface area contributed by atoms with Gasteiger partial charge in [0.1, 0.15) is 0 Å². The fraction of sp³-hybridized carbons (Fsp3) is 0.625. The molecule has 0 saturated carbocycles. The Bertz CT molecular complexity index is 290. The second-order valence-electron chi connectivity index (χ2n) is 5.68. The lowest BCUT2D eigenvalue weighted by Gasteiger charge is -2.25. The van der Waals surface area contributed by atoms with Crippen molar-refractivity contribution < 1.29 is 0 Å². The first-order valence-corrected chi connectivity index (χ1v) is 6.89. The largest absolute Gasteiger partial charge is 0.316 e.